The molecule has 0 radical (unpaired) electrons. The van der Waals surface area contributed by atoms with Crippen LogP contribution in [0.5, 0.6) is 5.75 Å². The van der Waals surface area contributed by atoms with Crippen LogP contribution < -0.4 is 10.1 Å². The Kier molecular flexibility index (Phi) is 5.14. The van der Waals surface area contributed by atoms with E-state index in [2.05, 4.69) is 20.5 Å². The maximum atomic E-state index is 11.7. The van der Waals surface area contributed by atoms with Gasteiger partial charge in [-0.2, -0.15) is 0 Å². The molecule has 0 aliphatic heterocycles. The quantitative estimate of drug-likeness (QED) is 0.713. The molecule has 3 aromatic rings. The van der Waals surface area contributed by atoms with Crippen LogP contribution in [-0.2, 0) is 11.2 Å². The lowest BCUT2D eigenvalue weighted by molar-refractivity contribution is -0.123. The van der Waals surface area contributed by atoms with Gasteiger partial charge in [0.25, 0.3) is 5.91 Å². The standard InChI is InChI=1S/C17H16N4O3/c22-15(12-23-14-4-2-1-3-5-14)19-11-8-16-20-21-17(24-16)13-6-9-18-10-7-13/h1-7,9-10H,8,11-12H2,(H,19,22). The van der Waals surface area contributed by atoms with Crippen molar-refractivity contribution in [3.63, 3.8) is 0 Å². The lowest BCUT2D eigenvalue weighted by atomic mass is 10.3. The number of rotatable bonds is 7. The van der Waals surface area contributed by atoms with Gasteiger partial charge in [-0.25, -0.2) is 0 Å². The molecule has 1 aromatic carbocycles. The van der Waals surface area contributed by atoms with Crippen molar-refractivity contribution in [1.82, 2.24) is 20.5 Å². The van der Waals surface area contributed by atoms with Crippen molar-refractivity contribution in [3.8, 4) is 17.2 Å². The number of pyridine rings is 1. The van der Waals surface area contributed by atoms with E-state index in [9.17, 15) is 4.79 Å². The molecule has 0 saturated carbocycles. The Bertz CT molecular complexity index is 775. The number of carbonyl (C=O) groups excluding carboxylic acids is 1. The molecule has 2 aromatic heterocycles. The van der Waals surface area contributed by atoms with Gasteiger partial charge in [0.1, 0.15) is 5.75 Å². The highest BCUT2D eigenvalue weighted by atomic mass is 16.5. The van der Waals surface area contributed by atoms with Crippen LogP contribution >= 0.6 is 0 Å². The van der Waals surface area contributed by atoms with Gasteiger partial charge in [-0.05, 0) is 24.3 Å². The molecule has 122 valence electrons. The Hall–Kier alpha value is -3.22. The Morgan fingerprint density at radius 3 is 2.67 bits per heavy atom. The van der Waals surface area contributed by atoms with E-state index in [0.29, 0.717) is 30.5 Å². The highest BCUT2D eigenvalue weighted by Crippen LogP contribution is 2.16. The molecule has 0 fully saturated rings. The Morgan fingerprint density at radius 2 is 1.88 bits per heavy atom. The normalized spacial score (nSPS) is 10.3. The summed E-state index contributed by atoms with van der Waals surface area (Å²) in [6.45, 7) is 0.366. The van der Waals surface area contributed by atoms with Crippen molar-refractivity contribution < 1.29 is 13.9 Å². The highest BCUT2D eigenvalue weighted by Gasteiger charge is 2.09. The summed E-state index contributed by atoms with van der Waals surface area (Å²) in [5.74, 6) is 1.36. The molecule has 0 spiro atoms. The lowest BCUT2D eigenvalue weighted by Crippen LogP contribution is -2.30. The number of nitrogens with zero attached hydrogens (tertiary/aromatic N) is 3. The third kappa shape index (κ3) is 4.39. The molecule has 2 heterocycles. The molecule has 0 bridgehead atoms. The summed E-state index contributed by atoms with van der Waals surface area (Å²) in [7, 11) is 0. The Morgan fingerprint density at radius 1 is 1.08 bits per heavy atom. The van der Waals surface area contributed by atoms with Crippen LogP contribution in [0.15, 0.2) is 59.3 Å². The molecule has 0 atom stereocenters. The second kappa shape index (κ2) is 7.87. The van der Waals surface area contributed by atoms with Gasteiger partial charge in [-0.1, -0.05) is 18.2 Å². The summed E-state index contributed by atoms with van der Waals surface area (Å²) in [6.07, 6.45) is 3.77. The first-order valence-electron chi connectivity index (χ1n) is 7.48. The monoisotopic (exact) mass is 324 g/mol. The van der Waals surface area contributed by atoms with Crippen molar-refractivity contribution in [2.45, 2.75) is 6.42 Å². The number of hydrogen-bond acceptors (Lipinski definition) is 6. The summed E-state index contributed by atoms with van der Waals surface area (Å²) in [6, 6.07) is 12.8. The first kappa shape index (κ1) is 15.7. The number of amides is 1. The second-order valence-electron chi connectivity index (χ2n) is 4.94. The van der Waals surface area contributed by atoms with Crippen LogP contribution in [0.1, 0.15) is 5.89 Å². The summed E-state index contributed by atoms with van der Waals surface area (Å²) < 4.78 is 10.9. The summed E-state index contributed by atoms with van der Waals surface area (Å²) in [4.78, 5) is 15.7. The Labute approximate surface area is 138 Å². The summed E-state index contributed by atoms with van der Waals surface area (Å²) >= 11 is 0. The van der Waals surface area contributed by atoms with Crippen LogP contribution in [0.4, 0.5) is 0 Å². The van der Waals surface area contributed by atoms with E-state index in [1.807, 2.05) is 18.2 Å². The van der Waals surface area contributed by atoms with Crippen LogP contribution in [0, 0.1) is 0 Å². The average molecular weight is 324 g/mol. The first-order chi connectivity index (χ1) is 11.8. The number of hydrogen-bond donors (Lipinski definition) is 1. The molecular weight excluding hydrogens is 308 g/mol. The number of nitrogens with one attached hydrogen (secondary N) is 1. The van der Waals surface area contributed by atoms with Gasteiger partial charge < -0.3 is 14.5 Å². The molecule has 3 rings (SSSR count). The van der Waals surface area contributed by atoms with E-state index in [1.165, 1.54) is 0 Å². The van der Waals surface area contributed by atoms with E-state index >= 15 is 0 Å². The van der Waals surface area contributed by atoms with E-state index in [1.54, 1.807) is 36.7 Å². The third-order valence-electron chi connectivity index (χ3n) is 3.17. The minimum Gasteiger partial charge on any atom is -0.484 e. The lowest BCUT2D eigenvalue weighted by Gasteiger charge is -2.06. The predicted molar refractivity (Wildman–Crippen MR) is 86.2 cm³/mol. The number of benzene rings is 1. The zero-order valence-electron chi connectivity index (χ0n) is 12.9. The molecule has 0 aliphatic rings. The van der Waals surface area contributed by atoms with Crippen LogP contribution in [0.25, 0.3) is 11.5 Å². The van der Waals surface area contributed by atoms with Gasteiger partial charge in [0.15, 0.2) is 6.61 Å². The second-order valence-corrected chi connectivity index (χ2v) is 4.94. The smallest absolute Gasteiger partial charge is 0.257 e. The highest BCUT2D eigenvalue weighted by molar-refractivity contribution is 5.77. The van der Waals surface area contributed by atoms with Crippen LogP contribution in [-0.4, -0.2) is 34.2 Å². The molecule has 0 unspecified atom stereocenters. The van der Waals surface area contributed by atoms with Crippen LogP contribution in [0.3, 0.4) is 0 Å². The van der Waals surface area contributed by atoms with Crippen molar-refractivity contribution in [3.05, 3.63) is 60.7 Å². The van der Waals surface area contributed by atoms with Crippen molar-refractivity contribution in [2.75, 3.05) is 13.2 Å². The number of carbonyl (C=O) groups is 1. The number of aromatic nitrogens is 3. The predicted octanol–water partition coefficient (Wildman–Crippen LogP) is 1.87. The maximum absolute atomic E-state index is 11.7. The van der Waals surface area contributed by atoms with Gasteiger partial charge in [0.2, 0.25) is 11.8 Å². The number of ether oxygens (including phenoxy) is 1. The molecular formula is C17H16N4O3. The molecule has 0 aliphatic carbocycles. The number of para-hydroxylation sites is 1. The zero-order chi connectivity index (χ0) is 16.6. The van der Waals surface area contributed by atoms with Crippen molar-refractivity contribution in [2.24, 2.45) is 0 Å². The Balaban J connectivity index is 1.42. The fourth-order valence-corrected chi connectivity index (χ4v) is 1.99. The van der Waals surface area contributed by atoms with E-state index in [4.69, 9.17) is 9.15 Å². The fraction of sp³-hybridized carbons (Fsp3) is 0.176. The molecule has 1 amide bonds. The van der Waals surface area contributed by atoms with Gasteiger partial charge >= 0.3 is 0 Å². The maximum Gasteiger partial charge on any atom is 0.257 e. The third-order valence-corrected chi connectivity index (χ3v) is 3.17. The molecule has 7 nitrogen and oxygen atoms in total. The first-order valence-corrected chi connectivity index (χ1v) is 7.48. The molecule has 24 heavy (non-hydrogen) atoms. The largest absolute Gasteiger partial charge is 0.484 e. The van der Waals surface area contributed by atoms with Gasteiger partial charge in [0.05, 0.1) is 0 Å². The molecule has 0 saturated heterocycles. The SMILES string of the molecule is O=C(COc1ccccc1)NCCc1nnc(-c2ccncc2)o1. The van der Waals surface area contributed by atoms with E-state index in [-0.39, 0.29) is 12.5 Å². The average Bonchev–Trinajstić information content (AvgIpc) is 3.11. The summed E-state index contributed by atoms with van der Waals surface area (Å²) in [5, 5.41) is 10.7. The van der Waals surface area contributed by atoms with E-state index in [0.717, 1.165) is 5.56 Å². The van der Waals surface area contributed by atoms with Crippen molar-refractivity contribution in [1.29, 1.82) is 0 Å². The minimum absolute atomic E-state index is 0.0316. The zero-order valence-corrected chi connectivity index (χ0v) is 12.9. The summed E-state index contributed by atoms with van der Waals surface area (Å²) in [5.41, 5.74) is 0.809. The van der Waals surface area contributed by atoms with Crippen molar-refractivity contribution >= 4 is 5.91 Å². The van der Waals surface area contributed by atoms with Gasteiger partial charge in [0, 0.05) is 30.9 Å². The van der Waals surface area contributed by atoms with Gasteiger partial charge in [-0.15, -0.1) is 10.2 Å². The van der Waals surface area contributed by atoms with E-state index < -0.39 is 0 Å². The minimum atomic E-state index is -0.201. The van der Waals surface area contributed by atoms with Crippen LogP contribution in [0.2, 0.25) is 0 Å². The topological polar surface area (TPSA) is 90.1 Å². The van der Waals surface area contributed by atoms with Gasteiger partial charge in [-0.3, -0.25) is 9.78 Å². The molecule has 1 N–H and O–H groups in total. The molecule has 7 heteroatoms. The fourth-order valence-electron chi connectivity index (χ4n) is 1.99.